The Morgan fingerprint density at radius 3 is 2.71 bits per heavy atom. The zero-order valence-corrected chi connectivity index (χ0v) is 13.7. The second kappa shape index (κ2) is 6.83. The minimum absolute atomic E-state index is 0.0607. The molecule has 0 saturated carbocycles. The lowest BCUT2D eigenvalue weighted by Crippen LogP contribution is -2.35. The van der Waals surface area contributed by atoms with Gasteiger partial charge in [-0.3, -0.25) is 0 Å². The van der Waals surface area contributed by atoms with Gasteiger partial charge < -0.3 is 10.1 Å². The Bertz CT molecular complexity index is 614. The van der Waals surface area contributed by atoms with Crippen LogP contribution in [0.2, 0.25) is 0 Å². The molecule has 0 fully saturated rings. The first-order valence-corrected chi connectivity index (χ1v) is 7.76. The number of hydrogen-bond donors (Lipinski definition) is 1. The van der Waals surface area contributed by atoms with E-state index < -0.39 is 0 Å². The van der Waals surface area contributed by atoms with Crippen LogP contribution >= 0.6 is 11.3 Å². The van der Waals surface area contributed by atoms with E-state index >= 15 is 0 Å². The third kappa shape index (κ3) is 4.95. The van der Waals surface area contributed by atoms with Crippen LogP contribution in [0, 0.1) is 0 Å². The topological polar surface area (TPSA) is 47.0 Å². The number of para-hydroxylation sites is 1. The van der Waals surface area contributed by atoms with Crippen LogP contribution in [-0.4, -0.2) is 15.7 Å². The molecule has 0 saturated heterocycles. The molecule has 5 heteroatoms. The van der Waals surface area contributed by atoms with Crippen molar-refractivity contribution in [2.24, 2.45) is 0 Å². The summed E-state index contributed by atoms with van der Waals surface area (Å²) in [5, 5.41) is 13.1. The van der Waals surface area contributed by atoms with Crippen LogP contribution in [0.3, 0.4) is 0 Å². The highest BCUT2D eigenvalue weighted by Crippen LogP contribution is 2.28. The lowest BCUT2D eigenvalue weighted by Gasteiger charge is -2.19. The van der Waals surface area contributed by atoms with Gasteiger partial charge in [0.05, 0.1) is 6.54 Å². The molecule has 21 heavy (non-hydrogen) atoms. The number of rotatable bonds is 5. The van der Waals surface area contributed by atoms with Gasteiger partial charge in [0.25, 0.3) is 5.19 Å². The van der Waals surface area contributed by atoms with Gasteiger partial charge >= 0.3 is 0 Å². The summed E-state index contributed by atoms with van der Waals surface area (Å²) < 4.78 is 5.84. The Morgan fingerprint density at radius 1 is 1.24 bits per heavy atom. The first-order valence-electron chi connectivity index (χ1n) is 6.95. The average Bonchev–Trinajstić information content (AvgIpc) is 2.86. The summed E-state index contributed by atoms with van der Waals surface area (Å²) in [5.41, 5.74) is 1.09. The van der Waals surface area contributed by atoms with Crippen LogP contribution in [-0.2, 0) is 6.54 Å². The molecule has 0 aliphatic rings. The lowest BCUT2D eigenvalue weighted by atomic mass is 10.1. The molecular weight excluding hydrogens is 282 g/mol. The van der Waals surface area contributed by atoms with Gasteiger partial charge in [-0.1, -0.05) is 46.8 Å². The molecule has 0 aliphatic carbocycles. The van der Waals surface area contributed by atoms with E-state index in [0.29, 0.717) is 11.7 Å². The Labute approximate surface area is 129 Å². The Kier molecular flexibility index (Phi) is 5.09. The molecule has 1 aromatic heterocycles. The quantitative estimate of drug-likeness (QED) is 0.897. The number of nitrogens with zero attached hydrogens (tertiary/aromatic N) is 2. The lowest BCUT2D eigenvalue weighted by molar-refractivity contribution is 0.423. The first-order chi connectivity index (χ1) is 9.98. The molecule has 2 rings (SSSR count). The SMILES string of the molecule is C/C=C/c1ccccc1Oc1nnc(CNC(C)(C)C)s1. The smallest absolute Gasteiger partial charge is 0.299 e. The molecule has 0 atom stereocenters. The van der Waals surface area contributed by atoms with Gasteiger partial charge in [0.1, 0.15) is 10.8 Å². The fourth-order valence-corrected chi connectivity index (χ4v) is 2.32. The Balaban J connectivity index is 2.06. The number of aromatic nitrogens is 2. The maximum Gasteiger partial charge on any atom is 0.299 e. The number of allylic oxidation sites excluding steroid dienone is 1. The van der Waals surface area contributed by atoms with Crippen LogP contribution in [0.15, 0.2) is 30.3 Å². The van der Waals surface area contributed by atoms with Gasteiger partial charge in [-0.05, 0) is 33.8 Å². The van der Waals surface area contributed by atoms with E-state index in [1.54, 1.807) is 0 Å². The molecule has 0 aliphatic heterocycles. The fraction of sp³-hybridized carbons (Fsp3) is 0.375. The molecule has 112 valence electrons. The highest BCUT2D eigenvalue weighted by Gasteiger charge is 2.12. The van der Waals surface area contributed by atoms with Crippen molar-refractivity contribution in [1.29, 1.82) is 0 Å². The molecule has 0 radical (unpaired) electrons. The summed E-state index contributed by atoms with van der Waals surface area (Å²) in [6.45, 7) is 9.05. The van der Waals surface area contributed by atoms with Gasteiger partial charge in [0, 0.05) is 11.1 Å². The van der Waals surface area contributed by atoms with E-state index in [1.165, 1.54) is 11.3 Å². The van der Waals surface area contributed by atoms with Crippen molar-refractivity contribution < 1.29 is 4.74 Å². The van der Waals surface area contributed by atoms with Crippen molar-refractivity contribution >= 4 is 17.4 Å². The monoisotopic (exact) mass is 303 g/mol. The van der Waals surface area contributed by atoms with Crippen LogP contribution < -0.4 is 10.1 Å². The summed E-state index contributed by atoms with van der Waals surface area (Å²) in [4.78, 5) is 0. The molecule has 0 amide bonds. The maximum atomic E-state index is 5.84. The van der Waals surface area contributed by atoms with Crippen LogP contribution in [0.4, 0.5) is 0 Å². The molecule has 1 N–H and O–H groups in total. The van der Waals surface area contributed by atoms with Crippen molar-refractivity contribution in [1.82, 2.24) is 15.5 Å². The largest absolute Gasteiger partial charge is 0.429 e. The van der Waals surface area contributed by atoms with E-state index in [9.17, 15) is 0 Å². The fourth-order valence-electron chi connectivity index (χ4n) is 1.68. The molecule has 0 bridgehead atoms. The summed E-state index contributed by atoms with van der Waals surface area (Å²) in [5.74, 6) is 0.794. The summed E-state index contributed by atoms with van der Waals surface area (Å²) in [6.07, 6.45) is 4.00. The van der Waals surface area contributed by atoms with Crippen LogP contribution in [0.1, 0.15) is 38.3 Å². The van der Waals surface area contributed by atoms with E-state index in [0.717, 1.165) is 16.3 Å². The third-order valence-electron chi connectivity index (χ3n) is 2.68. The minimum atomic E-state index is 0.0607. The van der Waals surface area contributed by atoms with Crippen LogP contribution in [0.25, 0.3) is 6.08 Å². The van der Waals surface area contributed by atoms with Gasteiger partial charge in [0.15, 0.2) is 0 Å². The minimum Gasteiger partial charge on any atom is -0.429 e. The number of benzene rings is 1. The Hall–Kier alpha value is -1.72. The van der Waals surface area contributed by atoms with Gasteiger partial charge in [-0.25, -0.2) is 0 Å². The Morgan fingerprint density at radius 2 is 2.00 bits per heavy atom. The summed E-state index contributed by atoms with van der Waals surface area (Å²) in [6, 6.07) is 7.88. The standard InChI is InChI=1S/C16H21N3OS/c1-5-8-12-9-6-7-10-13(12)20-15-19-18-14(21-15)11-17-16(2,3)4/h5-10,17H,11H2,1-4H3/b8-5+. The highest BCUT2D eigenvalue weighted by atomic mass is 32.1. The predicted molar refractivity (Wildman–Crippen MR) is 87.7 cm³/mol. The molecule has 2 aromatic rings. The van der Waals surface area contributed by atoms with Crippen molar-refractivity contribution in [3.05, 3.63) is 40.9 Å². The average molecular weight is 303 g/mol. The second-order valence-corrected chi connectivity index (χ2v) is 6.73. The molecule has 4 nitrogen and oxygen atoms in total. The summed E-state index contributed by atoms with van der Waals surface area (Å²) in [7, 11) is 0. The van der Waals surface area contributed by atoms with Crippen LogP contribution in [0.5, 0.6) is 10.9 Å². The van der Waals surface area contributed by atoms with Crippen molar-refractivity contribution in [2.45, 2.75) is 39.8 Å². The molecular formula is C16H21N3OS. The normalized spacial score (nSPS) is 12.0. The van der Waals surface area contributed by atoms with Crippen molar-refractivity contribution in [3.8, 4) is 10.9 Å². The van der Waals surface area contributed by atoms with Gasteiger partial charge in [0.2, 0.25) is 0 Å². The molecule has 0 spiro atoms. The van der Waals surface area contributed by atoms with E-state index in [-0.39, 0.29) is 5.54 Å². The number of hydrogen-bond acceptors (Lipinski definition) is 5. The van der Waals surface area contributed by atoms with Crippen molar-refractivity contribution in [2.75, 3.05) is 0 Å². The maximum absolute atomic E-state index is 5.84. The molecule has 1 heterocycles. The number of ether oxygens (including phenoxy) is 1. The van der Waals surface area contributed by atoms with E-state index in [2.05, 4.69) is 36.3 Å². The first kappa shape index (κ1) is 15.7. The van der Waals surface area contributed by atoms with Gasteiger partial charge in [-0.15, -0.1) is 5.10 Å². The zero-order valence-electron chi connectivity index (χ0n) is 12.9. The van der Waals surface area contributed by atoms with Gasteiger partial charge in [-0.2, -0.15) is 0 Å². The number of nitrogens with one attached hydrogen (secondary N) is 1. The molecule has 1 aromatic carbocycles. The van der Waals surface area contributed by atoms with Crippen molar-refractivity contribution in [3.63, 3.8) is 0 Å². The predicted octanol–water partition coefficient (Wildman–Crippen LogP) is 4.25. The molecule has 0 unspecified atom stereocenters. The third-order valence-corrected chi connectivity index (χ3v) is 3.48. The second-order valence-electron chi connectivity index (χ2n) is 5.71. The van der Waals surface area contributed by atoms with E-state index in [4.69, 9.17) is 4.74 Å². The highest BCUT2D eigenvalue weighted by molar-refractivity contribution is 7.13. The summed E-state index contributed by atoms with van der Waals surface area (Å²) >= 11 is 1.46. The van der Waals surface area contributed by atoms with E-state index in [1.807, 2.05) is 43.3 Å². The zero-order chi connectivity index (χ0) is 15.3.